The number of carbonyl (C=O) groups is 1. The molecule has 0 spiro atoms. The molecule has 1 aromatic carbocycles. The van der Waals surface area contributed by atoms with Gasteiger partial charge in [0.25, 0.3) is 5.91 Å². The van der Waals surface area contributed by atoms with Gasteiger partial charge in [0.2, 0.25) is 8.32 Å². The van der Waals surface area contributed by atoms with Crippen LogP contribution in [0.25, 0.3) is 0 Å². The van der Waals surface area contributed by atoms with Gasteiger partial charge < -0.3 is 15.4 Å². The first-order chi connectivity index (χ1) is 8.45. The van der Waals surface area contributed by atoms with Crippen molar-refractivity contribution in [2.45, 2.75) is 19.5 Å². The minimum Gasteiger partial charge on any atom is -0.428 e. The number of amides is 1. The lowest BCUT2D eigenvalue weighted by Crippen LogP contribution is -2.41. The van der Waals surface area contributed by atoms with Crippen molar-refractivity contribution < 1.29 is 9.59 Å². The van der Waals surface area contributed by atoms with Gasteiger partial charge in [-0.25, -0.2) is 0 Å². The number of benzene rings is 1. The predicted molar refractivity (Wildman–Crippen MR) is 76.7 cm³/mol. The Bertz CT molecular complexity index is 385. The number of hydrogen-bond donors (Lipinski definition) is 3. The zero-order valence-electron chi connectivity index (χ0n) is 11.3. The van der Waals surface area contributed by atoms with E-state index >= 15 is 0 Å². The number of hydrogen-bond acceptors (Lipinski definition) is 3. The first kappa shape index (κ1) is 14.9. The second-order valence-electron chi connectivity index (χ2n) is 4.85. The molecule has 18 heavy (non-hydrogen) atoms. The molecule has 0 heterocycles. The van der Waals surface area contributed by atoms with Crippen LogP contribution in [0, 0.1) is 0 Å². The van der Waals surface area contributed by atoms with Crippen molar-refractivity contribution in [2.75, 3.05) is 20.1 Å². The molecule has 3 N–H and O–H groups in total. The highest BCUT2D eigenvalue weighted by Crippen LogP contribution is 2.02. The van der Waals surface area contributed by atoms with E-state index in [9.17, 15) is 9.59 Å². The molecule has 1 rings (SSSR count). The molecule has 0 fully saturated rings. The molecule has 0 saturated heterocycles. The third kappa shape index (κ3) is 4.60. The molecule has 0 unspecified atom stereocenters. The highest BCUT2D eigenvalue weighted by Gasteiger charge is 2.19. The van der Waals surface area contributed by atoms with Crippen molar-refractivity contribution in [2.24, 2.45) is 0 Å². The quantitative estimate of drug-likeness (QED) is 0.517. The van der Waals surface area contributed by atoms with Crippen LogP contribution in [0.15, 0.2) is 24.3 Å². The molecule has 0 aliphatic heterocycles. The Kier molecular flexibility index (Phi) is 5.52. The molecular weight excluding hydrogens is 244 g/mol. The first-order valence-corrected chi connectivity index (χ1v) is 9.15. The van der Waals surface area contributed by atoms with Gasteiger partial charge in [-0.05, 0) is 50.4 Å². The van der Waals surface area contributed by atoms with Gasteiger partial charge in [-0.1, -0.05) is 12.1 Å². The molecule has 0 aliphatic rings. The first-order valence-electron chi connectivity index (χ1n) is 6.21. The minimum absolute atomic E-state index is 0.0601. The zero-order valence-corrected chi connectivity index (χ0v) is 12.3. The Morgan fingerprint density at radius 1 is 1.22 bits per heavy atom. The van der Waals surface area contributed by atoms with E-state index in [2.05, 4.69) is 10.6 Å². The fourth-order valence-electron chi connectivity index (χ4n) is 1.60. The van der Waals surface area contributed by atoms with Crippen molar-refractivity contribution in [3.8, 4) is 0 Å². The van der Waals surface area contributed by atoms with Gasteiger partial charge in [0.1, 0.15) is 0 Å². The maximum atomic E-state index is 11.8. The van der Waals surface area contributed by atoms with Gasteiger partial charge >= 0.3 is 0 Å². The lowest BCUT2D eigenvalue weighted by Gasteiger charge is -2.14. The SMILES string of the molecule is CNCCCNC(=O)c1ccc([Si](C)(C)O)cc1. The molecule has 100 valence electrons. The Labute approximate surface area is 110 Å². The Morgan fingerprint density at radius 2 is 1.83 bits per heavy atom. The standard InChI is InChI=1S/C13H22N2O2Si/c1-14-9-4-10-15-13(16)11-5-7-12(8-6-11)18(2,3)17/h5-8,14,17H,4,9-10H2,1-3H3,(H,15,16). The van der Waals surface area contributed by atoms with E-state index in [0.29, 0.717) is 12.1 Å². The van der Waals surface area contributed by atoms with Crippen molar-refractivity contribution >= 4 is 19.4 Å². The van der Waals surface area contributed by atoms with Crippen molar-refractivity contribution in [3.05, 3.63) is 29.8 Å². The molecule has 0 aliphatic carbocycles. The maximum absolute atomic E-state index is 11.8. The third-order valence-corrected chi connectivity index (χ3v) is 4.49. The summed E-state index contributed by atoms with van der Waals surface area (Å²) in [5, 5.41) is 6.83. The van der Waals surface area contributed by atoms with Gasteiger partial charge in [-0.15, -0.1) is 0 Å². The summed E-state index contributed by atoms with van der Waals surface area (Å²) < 4.78 is 0. The number of carbonyl (C=O) groups excluding carboxylic acids is 1. The van der Waals surface area contributed by atoms with Crippen LogP contribution in [-0.4, -0.2) is 39.2 Å². The molecule has 1 amide bonds. The Morgan fingerprint density at radius 3 is 2.33 bits per heavy atom. The lowest BCUT2D eigenvalue weighted by molar-refractivity contribution is 0.0953. The van der Waals surface area contributed by atoms with E-state index in [-0.39, 0.29) is 5.91 Å². The highest BCUT2D eigenvalue weighted by molar-refractivity contribution is 6.83. The molecule has 4 nitrogen and oxygen atoms in total. The molecule has 0 aromatic heterocycles. The van der Waals surface area contributed by atoms with Crippen LogP contribution in [0.3, 0.4) is 0 Å². The van der Waals surface area contributed by atoms with E-state index in [4.69, 9.17) is 0 Å². The summed E-state index contributed by atoms with van der Waals surface area (Å²) >= 11 is 0. The molecule has 0 atom stereocenters. The smallest absolute Gasteiger partial charge is 0.251 e. The van der Waals surface area contributed by atoms with E-state index in [0.717, 1.165) is 18.2 Å². The predicted octanol–water partition coefficient (Wildman–Crippen LogP) is 0.430. The number of nitrogens with one attached hydrogen (secondary N) is 2. The average Bonchev–Trinajstić information content (AvgIpc) is 2.33. The third-order valence-electron chi connectivity index (χ3n) is 2.74. The average molecular weight is 266 g/mol. The van der Waals surface area contributed by atoms with Crippen molar-refractivity contribution in [3.63, 3.8) is 0 Å². The van der Waals surface area contributed by atoms with Crippen LogP contribution in [0.1, 0.15) is 16.8 Å². The summed E-state index contributed by atoms with van der Waals surface area (Å²) in [5.41, 5.74) is 0.640. The van der Waals surface area contributed by atoms with Gasteiger partial charge in [0.05, 0.1) is 0 Å². The van der Waals surface area contributed by atoms with Crippen LogP contribution in [0.5, 0.6) is 0 Å². The second-order valence-corrected chi connectivity index (χ2v) is 8.54. The molecule has 1 aromatic rings. The summed E-state index contributed by atoms with van der Waals surface area (Å²) in [6, 6.07) is 7.23. The fraction of sp³-hybridized carbons (Fsp3) is 0.462. The maximum Gasteiger partial charge on any atom is 0.251 e. The summed E-state index contributed by atoms with van der Waals surface area (Å²) in [5.74, 6) is -0.0601. The van der Waals surface area contributed by atoms with Gasteiger partial charge in [-0.2, -0.15) is 0 Å². The van der Waals surface area contributed by atoms with Crippen LogP contribution in [-0.2, 0) is 0 Å². The molecule has 5 heteroatoms. The topological polar surface area (TPSA) is 61.4 Å². The summed E-state index contributed by atoms with van der Waals surface area (Å²) in [7, 11) is -0.377. The van der Waals surface area contributed by atoms with E-state index in [1.807, 2.05) is 32.3 Å². The Balaban J connectivity index is 2.54. The monoisotopic (exact) mass is 266 g/mol. The van der Waals surface area contributed by atoms with Crippen molar-refractivity contribution in [1.29, 1.82) is 0 Å². The normalized spacial score (nSPS) is 11.3. The summed E-state index contributed by atoms with van der Waals surface area (Å²) in [4.78, 5) is 21.7. The van der Waals surface area contributed by atoms with Gasteiger partial charge in [-0.3, -0.25) is 4.79 Å². The van der Waals surface area contributed by atoms with Crippen LogP contribution >= 0.6 is 0 Å². The van der Waals surface area contributed by atoms with Gasteiger partial charge in [0, 0.05) is 12.1 Å². The Hall–Kier alpha value is -1.17. The molecule has 0 saturated carbocycles. The molecular formula is C13H22N2O2Si. The minimum atomic E-state index is -2.27. The lowest BCUT2D eigenvalue weighted by atomic mass is 10.2. The highest BCUT2D eigenvalue weighted by atomic mass is 28.4. The summed E-state index contributed by atoms with van der Waals surface area (Å²) in [6.07, 6.45) is 0.914. The summed E-state index contributed by atoms with van der Waals surface area (Å²) in [6.45, 7) is 5.28. The van der Waals surface area contributed by atoms with Crippen LogP contribution < -0.4 is 15.8 Å². The fourth-order valence-corrected chi connectivity index (χ4v) is 2.58. The zero-order chi connectivity index (χ0) is 13.6. The van der Waals surface area contributed by atoms with Gasteiger partial charge in [0.15, 0.2) is 0 Å². The van der Waals surface area contributed by atoms with E-state index < -0.39 is 8.32 Å². The number of rotatable bonds is 6. The van der Waals surface area contributed by atoms with E-state index in [1.165, 1.54) is 0 Å². The second kappa shape index (κ2) is 6.68. The van der Waals surface area contributed by atoms with E-state index in [1.54, 1.807) is 12.1 Å². The van der Waals surface area contributed by atoms with Crippen molar-refractivity contribution in [1.82, 2.24) is 10.6 Å². The molecule has 0 bridgehead atoms. The largest absolute Gasteiger partial charge is 0.428 e. The molecule has 0 radical (unpaired) electrons. The van der Waals surface area contributed by atoms with Crippen LogP contribution in [0.2, 0.25) is 13.1 Å². The van der Waals surface area contributed by atoms with Crippen LogP contribution in [0.4, 0.5) is 0 Å².